The number of carbonyl (C=O) groups is 2. The lowest BCUT2D eigenvalue weighted by Gasteiger charge is -2.21. The maximum Gasteiger partial charge on any atom is 0.279 e. The highest BCUT2D eigenvalue weighted by atomic mass is 32.2. The lowest BCUT2D eigenvalue weighted by molar-refractivity contribution is -0.123. The molecule has 0 aromatic heterocycles. The van der Waals surface area contributed by atoms with Gasteiger partial charge in [-0.1, -0.05) is 17.7 Å². The number of amides is 2. The highest BCUT2D eigenvalue weighted by molar-refractivity contribution is 8.14. The van der Waals surface area contributed by atoms with Gasteiger partial charge in [0.2, 0.25) is 5.91 Å². The average molecular weight is 212 g/mol. The van der Waals surface area contributed by atoms with E-state index in [2.05, 4.69) is 16.6 Å². The first-order valence-corrected chi connectivity index (χ1v) is 5.16. The second-order valence-electron chi connectivity index (χ2n) is 3.55. The van der Waals surface area contributed by atoms with E-state index in [1.54, 1.807) is 13.8 Å². The van der Waals surface area contributed by atoms with Crippen LogP contribution in [0, 0.1) is 12.3 Å². The molecular formula is C9H12N2O2S. The van der Waals surface area contributed by atoms with E-state index in [-0.39, 0.29) is 11.1 Å². The van der Waals surface area contributed by atoms with Crippen molar-refractivity contribution in [1.82, 2.24) is 10.6 Å². The molecule has 1 saturated heterocycles. The van der Waals surface area contributed by atoms with Crippen molar-refractivity contribution in [2.75, 3.05) is 5.75 Å². The molecule has 14 heavy (non-hydrogen) atoms. The maximum atomic E-state index is 11.5. The van der Waals surface area contributed by atoms with Gasteiger partial charge in [-0.15, -0.1) is 6.42 Å². The van der Waals surface area contributed by atoms with Gasteiger partial charge >= 0.3 is 0 Å². The first kappa shape index (κ1) is 10.9. The van der Waals surface area contributed by atoms with Gasteiger partial charge in [-0.3, -0.25) is 9.59 Å². The number of nitrogens with one attached hydrogen (secondary N) is 2. The normalized spacial score (nSPS) is 21.2. The third-order valence-corrected chi connectivity index (χ3v) is 2.67. The Kier molecular flexibility index (Phi) is 3.06. The van der Waals surface area contributed by atoms with Crippen molar-refractivity contribution in [1.29, 1.82) is 0 Å². The maximum absolute atomic E-state index is 11.5. The molecular weight excluding hydrogens is 200 g/mol. The highest BCUT2D eigenvalue weighted by Crippen LogP contribution is 2.13. The van der Waals surface area contributed by atoms with E-state index >= 15 is 0 Å². The average Bonchev–Trinajstić information content (AvgIpc) is 2.51. The number of hydrogen-bond acceptors (Lipinski definition) is 3. The number of carbonyl (C=O) groups excluding carboxylic acids is 2. The Morgan fingerprint density at radius 1 is 1.79 bits per heavy atom. The Balaban J connectivity index is 2.52. The first-order valence-electron chi connectivity index (χ1n) is 4.18. The summed E-state index contributed by atoms with van der Waals surface area (Å²) in [5.41, 5.74) is -0.672. The molecule has 1 heterocycles. The van der Waals surface area contributed by atoms with Crippen LogP contribution in [0.1, 0.15) is 13.8 Å². The van der Waals surface area contributed by atoms with E-state index in [9.17, 15) is 9.59 Å². The SMILES string of the molecule is C#CC(C)(C)NC(=O)C1CSC(=O)N1. The van der Waals surface area contributed by atoms with Crippen molar-refractivity contribution in [3.05, 3.63) is 0 Å². The molecule has 76 valence electrons. The second kappa shape index (κ2) is 3.93. The van der Waals surface area contributed by atoms with Gasteiger partial charge in [0.05, 0.1) is 5.54 Å². The van der Waals surface area contributed by atoms with Gasteiger partial charge in [0, 0.05) is 5.75 Å². The third kappa shape index (κ3) is 2.67. The zero-order chi connectivity index (χ0) is 10.8. The summed E-state index contributed by atoms with van der Waals surface area (Å²) in [6.45, 7) is 3.46. The third-order valence-electron chi connectivity index (χ3n) is 1.79. The van der Waals surface area contributed by atoms with Crippen LogP contribution in [0.25, 0.3) is 0 Å². The monoisotopic (exact) mass is 212 g/mol. The molecule has 2 amide bonds. The van der Waals surface area contributed by atoms with Crippen molar-refractivity contribution < 1.29 is 9.59 Å². The number of rotatable bonds is 2. The minimum Gasteiger partial charge on any atom is -0.339 e. The molecule has 1 aliphatic heterocycles. The fraction of sp³-hybridized carbons (Fsp3) is 0.556. The van der Waals surface area contributed by atoms with Gasteiger partial charge < -0.3 is 10.6 Å². The molecule has 1 rings (SSSR count). The Labute approximate surface area is 87.2 Å². The molecule has 1 unspecified atom stereocenters. The molecule has 1 fully saturated rings. The molecule has 0 aromatic carbocycles. The summed E-state index contributed by atoms with van der Waals surface area (Å²) in [7, 11) is 0. The molecule has 2 N–H and O–H groups in total. The molecule has 1 atom stereocenters. The van der Waals surface area contributed by atoms with Gasteiger partial charge in [-0.25, -0.2) is 0 Å². The predicted octanol–water partition coefficient (Wildman–Crippen LogP) is 0.339. The summed E-state index contributed by atoms with van der Waals surface area (Å²) in [5.74, 6) is 2.69. The van der Waals surface area contributed by atoms with Crippen LogP contribution in [0.15, 0.2) is 0 Å². The van der Waals surface area contributed by atoms with E-state index in [1.807, 2.05) is 0 Å². The molecule has 0 bridgehead atoms. The van der Waals surface area contributed by atoms with E-state index in [0.29, 0.717) is 5.75 Å². The molecule has 0 aromatic rings. The Morgan fingerprint density at radius 3 is 2.86 bits per heavy atom. The van der Waals surface area contributed by atoms with Crippen LogP contribution < -0.4 is 10.6 Å². The Hall–Kier alpha value is -1.15. The zero-order valence-corrected chi connectivity index (χ0v) is 8.90. The molecule has 1 aliphatic rings. The lowest BCUT2D eigenvalue weighted by Crippen LogP contribution is -2.50. The molecule has 0 saturated carbocycles. The minimum absolute atomic E-state index is 0.163. The van der Waals surface area contributed by atoms with Gasteiger partial charge in [-0.05, 0) is 13.8 Å². The van der Waals surface area contributed by atoms with Crippen molar-refractivity contribution >= 4 is 22.9 Å². The molecule has 4 nitrogen and oxygen atoms in total. The Bertz CT molecular complexity index is 306. The smallest absolute Gasteiger partial charge is 0.279 e. The first-order chi connectivity index (χ1) is 6.44. The Morgan fingerprint density at radius 2 is 2.43 bits per heavy atom. The fourth-order valence-corrected chi connectivity index (χ4v) is 1.74. The predicted molar refractivity (Wildman–Crippen MR) is 55.8 cm³/mol. The summed E-state index contributed by atoms with van der Waals surface area (Å²) >= 11 is 1.10. The fourth-order valence-electron chi connectivity index (χ4n) is 0.957. The molecule has 0 radical (unpaired) electrons. The topological polar surface area (TPSA) is 58.2 Å². The lowest BCUT2D eigenvalue weighted by atomic mass is 10.1. The molecule has 0 aliphatic carbocycles. The number of terminal acetylenes is 1. The minimum atomic E-state index is -0.672. The van der Waals surface area contributed by atoms with Crippen LogP contribution in [0.2, 0.25) is 0 Å². The van der Waals surface area contributed by atoms with Crippen LogP contribution in [0.3, 0.4) is 0 Å². The van der Waals surface area contributed by atoms with Crippen LogP contribution >= 0.6 is 11.8 Å². The second-order valence-corrected chi connectivity index (χ2v) is 4.55. The molecule has 5 heteroatoms. The largest absolute Gasteiger partial charge is 0.339 e. The van der Waals surface area contributed by atoms with Crippen molar-refractivity contribution in [3.63, 3.8) is 0 Å². The summed E-state index contributed by atoms with van der Waals surface area (Å²) < 4.78 is 0. The number of thioether (sulfide) groups is 1. The van der Waals surface area contributed by atoms with Gasteiger partial charge in [0.25, 0.3) is 5.24 Å². The van der Waals surface area contributed by atoms with Crippen LogP contribution in [-0.2, 0) is 4.79 Å². The van der Waals surface area contributed by atoms with Gasteiger partial charge in [0.15, 0.2) is 0 Å². The summed E-state index contributed by atoms with van der Waals surface area (Å²) in [6.07, 6.45) is 5.22. The van der Waals surface area contributed by atoms with E-state index in [0.717, 1.165) is 11.8 Å². The molecule has 0 spiro atoms. The standard InChI is InChI=1S/C9H12N2O2S/c1-4-9(2,3)11-7(12)6-5-14-8(13)10-6/h1,6H,5H2,2-3H3,(H,10,13)(H,11,12). The van der Waals surface area contributed by atoms with Crippen molar-refractivity contribution in [2.24, 2.45) is 0 Å². The summed E-state index contributed by atoms with van der Waals surface area (Å²) in [6, 6.07) is -0.458. The number of hydrogen-bond donors (Lipinski definition) is 2. The quantitative estimate of drug-likeness (QED) is 0.649. The van der Waals surface area contributed by atoms with Gasteiger partial charge in [0.1, 0.15) is 6.04 Å². The van der Waals surface area contributed by atoms with E-state index < -0.39 is 11.6 Å². The van der Waals surface area contributed by atoms with Crippen LogP contribution in [0.4, 0.5) is 4.79 Å². The van der Waals surface area contributed by atoms with E-state index in [4.69, 9.17) is 6.42 Å². The van der Waals surface area contributed by atoms with Gasteiger partial charge in [-0.2, -0.15) is 0 Å². The summed E-state index contributed by atoms with van der Waals surface area (Å²) in [5, 5.41) is 5.05. The van der Waals surface area contributed by atoms with E-state index in [1.165, 1.54) is 0 Å². The van der Waals surface area contributed by atoms with Crippen LogP contribution in [0.5, 0.6) is 0 Å². The van der Waals surface area contributed by atoms with Crippen molar-refractivity contribution in [3.8, 4) is 12.3 Å². The van der Waals surface area contributed by atoms with Crippen molar-refractivity contribution in [2.45, 2.75) is 25.4 Å². The zero-order valence-electron chi connectivity index (χ0n) is 8.09. The van der Waals surface area contributed by atoms with Crippen LogP contribution in [-0.4, -0.2) is 28.5 Å². The highest BCUT2D eigenvalue weighted by Gasteiger charge is 2.30. The summed E-state index contributed by atoms with van der Waals surface area (Å²) in [4.78, 5) is 22.4.